The summed E-state index contributed by atoms with van der Waals surface area (Å²) < 4.78 is 7.52. The molecule has 1 saturated carbocycles. The van der Waals surface area contributed by atoms with E-state index in [9.17, 15) is 9.59 Å². The SMILES string of the molecule is Cc1ccc(CN2C(=O)c3cc4occc4n3CC2(C)C(=O)NC2CCCCCCC2)cc1. The smallest absolute Gasteiger partial charge is 0.271 e. The van der Waals surface area contributed by atoms with E-state index < -0.39 is 5.54 Å². The van der Waals surface area contributed by atoms with Crippen LogP contribution in [0.25, 0.3) is 11.1 Å². The fourth-order valence-corrected chi connectivity index (χ4v) is 5.34. The second-order valence-electron chi connectivity index (χ2n) is 9.95. The van der Waals surface area contributed by atoms with Crippen molar-refractivity contribution in [2.24, 2.45) is 0 Å². The molecule has 6 heteroatoms. The average Bonchev–Trinajstić information content (AvgIpc) is 3.36. The van der Waals surface area contributed by atoms with E-state index >= 15 is 0 Å². The number of rotatable bonds is 4. The molecule has 2 aromatic heterocycles. The molecule has 1 unspecified atom stereocenters. The summed E-state index contributed by atoms with van der Waals surface area (Å²) in [5.41, 5.74) is 3.30. The standard InChI is InChI=1S/C27H33N3O3/c1-19-10-12-20(13-11-19)17-30-25(31)23-16-24-22(14-15-33-24)29(23)18-27(30,2)26(32)28-21-8-6-4-3-5-7-9-21/h10-16,21H,3-9,17-18H2,1-2H3,(H,28,32). The number of fused-ring (bicyclic) bond motifs is 3. The van der Waals surface area contributed by atoms with Crippen LogP contribution in [-0.2, 0) is 17.9 Å². The number of carbonyl (C=O) groups excluding carboxylic acids is 2. The van der Waals surface area contributed by atoms with E-state index in [0.717, 1.165) is 36.8 Å². The molecule has 1 N–H and O–H groups in total. The topological polar surface area (TPSA) is 67.5 Å². The molecule has 5 rings (SSSR count). The molecular formula is C27H33N3O3. The van der Waals surface area contributed by atoms with E-state index in [4.69, 9.17) is 4.42 Å². The number of nitrogens with zero attached hydrogens (tertiary/aromatic N) is 2. The molecule has 1 aromatic carbocycles. The van der Waals surface area contributed by atoms with E-state index in [2.05, 4.69) is 5.32 Å². The minimum Gasteiger partial charge on any atom is -0.463 e. The van der Waals surface area contributed by atoms with Gasteiger partial charge in [0.05, 0.1) is 18.3 Å². The largest absolute Gasteiger partial charge is 0.463 e. The number of aromatic nitrogens is 1. The van der Waals surface area contributed by atoms with Crippen molar-refractivity contribution in [3.8, 4) is 0 Å². The van der Waals surface area contributed by atoms with Gasteiger partial charge < -0.3 is 19.2 Å². The Morgan fingerprint density at radius 3 is 2.52 bits per heavy atom. The first kappa shape index (κ1) is 21.8. The lowest BCUT2D eigenvalue weighted by Crippen LogP contribution is -2.64. The van der Waals surface area contributed by atoms with E-state index in [0.29, 0.717) is 24.4 Å². The molecule has 6 nitrogen and oxygen atoms in total. The van der Waals surface area contributed by atoms with Crippen LogP contribution in [0.5, 0.6) is 0 Å². The zero-order valence-electron chi connectivity index (χ0n) is 19.6. The summed E-state index contributed by atoms with van der Waals surface area (Å²) in [6.45, 7) is 4.75. The van der Waals surface area contributed by atoms with Crippen molar-refractivity contribution in [2.45, 2.75) is 83.5 Å². The van der Waals surface area contributed by atoms with Gasteiger partial charge in [0.25, 0.3) is 5.91 Å². The Morgan fingerprint density at radius 2 is 1.79 bits per heavy atom. The van der Waals surface area contributed by atoms with Crippen molar-refractivity contribution >= 4 is 22.9 Å². The highest BCUT2D eigenvalue weighted by Crippen LogP contribution is 2.34. The van der Waals surface area contributed by atoms with Crippen molar-refractivity contribution in [2.75, 3.05) is 0 Å². The molecule has 2 aliphatic rings. The molecular weight excluding hydrogens is 414 g/mol. The Morgan fingerprint density at radius 1 is 1.09 bits per heavy atom. The molecule has 33 heavy (non-hydrogen) atoms. The van der Waals surface area contributed by atoms with Crippen molar-refractivity contribution in [1.82, 2.24) is 14.8 Å². The Labute approximate surface area is 194 Å². The Hall–Kier alpha value is -3.02. The van der Waals surface area contributed by atoms with Crippen LogP contribution in [0, 0.1) is 6.92 Å². The lowest BCUT2D eigenvalue weighted by Gasteiger charge is -2.44. The maximum absolute atomic E-state index is 13.9. The van der Waals surface area contributed by atoms with Gasteiger partial charge in [0.1, 0.15) is 11.2 Å². The highest BCUT2D eigenvalue weighted by Gasteiger charge is 2.48. The summed E-state index contributed by atoms with van der Waals surface area (Å²) in [6.07, 6.45) is 9.68. The molecule has 0 radical (unpaired) electrons. The zero-order chi connectivity index (χ0) is 23.0. The maximum Gasteiger partial charge on any atom is 0.271 e. The fourth-order valence-electron chi connectivity index (χ4n) is 5.34. The summed E-state index contributed by atoms with van der Waals surface area (Å²) >= 11 is 0. The van der Waals surface area contributed by atoms with Gasteiger partial charge in [-0.3, -0.25) is 9.59 Å². The molecule has 0 saturated heterocycles. The third kappa shape index (κ3) is 4.07. The van der Waals surface area contributed by atoms with Crippen LogP contribution in [0.3, 0.4) is 0 Å². The predicted octanol–water partition coefficient (Wildman–Crippen LogP) is 5.19. The van der Waals surface area contributed by atoms with Gasteiger partial charge in [0, 0.05) is 24.7 Å². The number of hydrogen-bond donors (Lipinski definition) is 1. The lowest BCUT2D eigenvalue weighted by atomic mass is 9.91. The zero-order valence-corrected chi connectivity index (χ0v) is 19.6. The van der Waals surface area contributed by atoms with Crippen molar-refractivity contribution in [1.29, 1.82) is 0 Å². The number of carbonyl (C=O) groups is 2. The Kier molecular flexibility index (Phi) is 5.77. The summed E-state index contributed by atoms with van der Waals surface area (Å²) in [5.74, 6) is -0.201. The van der Waals surface area contributed by atoms with Gasteiger partial charge in [-0.05, 0) is 32.3 Å². The Balaban J connectivity index is 1.49. The third-order valence-corrected chi connectivity index (χ3v) is 7.44. The first-order valence-electron chi connectivity index (χ1n) is 12.2. The predicted molar refractivity (Wildman–Crippen MR) is 128 cm³/mol. The molecule has 1 aliphatic heterocycles. The second-order valence-corrected chi connectivity index (χ2v) is 9.95. The third-order valence-electron chi connectivity index (χ3n) is 7.44. The van der Waals surface area contributed by atoms with Crippen LogP contribution in [0.1, 0.15) is 73.5 Å². The van der Waals surface area contributed by atoms with Crippen molar-refractivity contribution in [3.05, 3.63) is 59.5 Å². The molecule has 3 aromatic rings. The van der Waals surface area contributed by atoms with Crippen molar-refractivity contribution < 1.29 is 14.0 Å². The second kappa shape index (κ2) is 8.73. The number of nitrogens with one attached hydrogen (secondary N) is 1. The summed E-state index contributed by atoms with van der Waals surface area (Å²) in [6, 6.07) is 12.0. The van der Waals surface area contributed by atoms with Crippen LogP contribution in [0.2, 0.25) is 0 Å². The fraction of sp³-hybridized carbons (Fsp3) is 0.481. The van der Waals surface area contributed by atoms with Gasteiger partial charge in [-0.1, -0.05) is 61.9 Å². The van der Waals surface area contributed by atoms with Crippen LogP contribution in [0.15, 0.2) is 47.1 Å². The molecule has 1 fully saturated rings. The summed E-state index contributed by atoms with van der Waals surface area (Å²) in [5, 5.41) is 3.34. The minimum atomic E-state index is -0.999. The summed E-state index contributed by atoms with van der Waals surface area (Å²) in [7, 11) is 0. The molecule has 0 spiro atoms. The van der Waals surface area contributed by atoms with Gasteiger partial charge in [0.2, 0.25) is 5.91 Å². The first-order valence-corrected chi connectivity index (χ1v) is 12.2. The van der Waals surface area contributed by atoms with Crippen LogP contribution >= 0.6 is 0 Å². The number of hydrogen-bond acceptors (Lipinski definition) is 3. The minimum absolute atomic E-state index is 0.0652. The Bertz CT molecular complexity index is 1150. The molecule has 3 heterocycles. The number of furan rings is 1. The quantitative estimate of drug-likeness (QED) is 0.599. The van der Waals surface area contributed by atoms with Gasteiger partial charge in [-0.25, -0.2) is 0 Å². The van der Waals surface area contributed by atoms with Crippen LogP contribution < -0.4 is 5.32 Å². The van der Waals surface area contributed by atoms with Crippen LogP contribution in [-0.4, -0.2) is 32.9 Å². The normalized spacial score (nSPS) is 22.1. The molecule has 1 aliphatic carbocycles. The van der Waals surface area contributed by atoms with E-state index in [1.807, 2.05) is 48.7 Å². The van der Waals surface area contributed by atoms with Gasteiger partial charge >= 0.3 is 0 Å². The van der Waals surface area contributed by atoms with E-state index in [1.165, 1.54) is 24.8 Å². The first-order chi connectivity index (χ1) is 16.0. The summed E-state index contributed by atoms with van der Waals surface area (Å²) in [4.78, 5) is 29.4. The maximum atomic E-state index is 13.9. The lowest BCUT2D eigenvalue weighted by molar-refractivity contribution is -0.134. The monoisotopic (exact) mass is 447 g/mol. The van der Waals surface area contributed by atoms with E-state index in [1.54, 1.807) is 17.2 Å². The highest BCUT2D eigenvalue weighted by atomic mass is 16.3. The van der Waals surface area contributed by atoms with Gasteiger partial charge in [-0.2, -0.15) is 0 Å². The number of amides is 2. The molecule has 2 amide bonds. The van der Waals surface area contributed by atoms with Crippen LogP contribution in [0.4, 0.5) is 0 Å². The number of benzene rings is 1. The molecule has 1 atom stereocenters. The van der Waals surface area contributed by atoms with Gasteiger partial charge in [-0.15, -0.1) is 0 Å². The molecule has 0 bridgehead atoms. The highest BCUT2D eigenvalue weighted by molar-refractivity contribution is 6.02. The van der Waals surface area contributed by atoms with E-state index in [-0.39, 0.29) is 17.9 Å². The van der Waals surface area contributed by atoms with Crippen molar-refractivity contribution in [3.63, 3.8) is 0 Å². The molecule has 174 valence electrons. The average molecular weight is 448 g/mol. The van der Waals surface area contributed by atoms with Gasteiger partial charge in [0.15, 0.2) is 5.58 Å². The number of aryl methyl sites for hydroxylation is 1.